The number of hydrogen-bond acceptors (Lipinski definition) is 2. The molecule has 0 atom stereocenters. The SMILES string of the molecule is c1ccc(OCCCCCCNC2CC2)cc1. The predicted molar refractivity (Wildman–Crippen MR) is 71.4 cm³/mol. The number of rotatable bonds is 9. The lowest BCUT2D eigenvalue weighted by Crippen LogP contribution is -2.17. The van der Waals surface area contributed by atoms with Crippen LogP contribution in [0.15, 0.2) is 30.3 Å². The molecule has 17 heavy (non-hydrogen) atoms. The van der Waals surface area contributed by atoms with Crippen LogP contribution in [-0.2, 0) is 0 Å². The molecule has 0 saturated heterocycles. The zero-order chi connectivity index (χ0) is 11.8. The van der Waals surface area contributed by atoms with Gasteiger partial charge in [0, 0.05) is 6.04 Å². The number of nitrogens with one attached hydrogen (secondary N) is 1. The average molecular weight is 233 g/mol. The quantitative estimate of drug-likeness (QED) is 0.660. The Balaban J connectivity index is 1.38. The molecule has 2 heteroatoms. The van der Waals surface area contributed by atoms with Gasteiger partial charge in [0.2, 0.25) is 0 Å². The fourth-order valence-corrected chi connectivity index (χ4v) is 1.88. The van der Waals surface area contributed by atoms with Crippen molar-refractivity contribution in [2.24, 2.45) is 0 Å². The van der Waals surface area contributed by atoms with E-state index in [0.29, 0.717) is 0 Å². The highest BCUT2D eigenvalue weighted by Crippen LogP contribution is 2.18. The van der Waals surface area contributed by atoms with Gasteiger partial charge >= 0.3 is 0 Å². The Morgan fingerprint density at radius 1 is 1.00 bits per heavy atom. The molecule has 2 rings (SSSR count). The lowest BCUT2D eigenvalue weighted by molar-refractivity contribution is 0.304. The maximum absolute atomic E-state index is 5.65. The maximum atomic E-state index is 5.65. The minimum atomic E-state index is 0.847. The fourth-order valence-electron chi connectivity index (χ4n) is 1.88. The van der Waals surface area contributed by atoms with E-state index in [9.17, 15) is 0 Å². The summed E-state index contributed by atoms with van der Waals surface area (Å²) in [5.74, 6) is 0.989. The zero-order valence-corrected chi connectivity index (χ0v) is 10.5. The molecule has 0 unspecified atom stereocenters. The molecular formula is C15H23NO. The standard InChI is InChI=1S/C15H23NO/c1(6-12-16-14-10-11-14)2-7-13-17-15-8-4-3-5-9-15/h3-5,8-9,14,16H,1-2,6-7,10-13H2. The third kappa shape index (κ3) is 5.73. The highest BCUT2D eigenvalue weighted by Gasteiger charge is 2.19. The number of para-hydroxylation sites is 1. The van der Waals surface area contributed by atoms with Gasteiger partial charge in [-0.1, -0.05) is 31.0 Å². The van der Waals surface area contributed by atoms with E-state index in [1.807, 2.05) is 30.3 Å². The molecule has 1 aromatic carbocycles. The van der Waals surface area contributed by atoms with Crippen molar-refractivity contribution in [3.8, 4) is 5.75 Å². The predicted octanol–water partition coefficient (Wildman–Crippen LogP) is 3.38. The largest absolute Gasteiger partial charge is 0.494 e. The van der Waals surface area contributed by atoms with E-state index in [-0.39, 0.29) is 0 Å². The Kier molecular flexibility index (Phi) is 5.37. The third-order valence-electron chi connectivity index (χ3n) is 3.09. The molecule has 0 radical (unpaired) electrons. The van der Waals surface area contributed by atoms with Crippen molar-refractivity contribution < 1.29 is 4.74 Å². The molecular weight excluding hydrogens is 210 g/mol. The van der Waals surface area contributed by atoms with Crippen molar-refractivity contribution in [1.82, 2.24) is 5.32 Å². The van der Waals surface area contributed by atoms with Crippen LogP contribution in [0.25, 0.3) is 0 Å². The Hall–Kier alpha value is -1.02. The Labute approximate surface area is 104 Å². The summed E-state index contributed by atoms with van der Waals surface area (Å²) in [5.41, 5.74) is 0. The summed E-state index contributed by atoms with van der Waals surface area (Å²) in [6.45, 7) is 2.05. The summed E-state index contributed by atoms with van der Waals surface area (Å²) in [4.78, 5) is 0. The second-order valence-corrected chi connectivity index (χ2v) is 4.80. The average Bonchev–Trinajstić information content (AvgIpc) is 3.18. The van der Waals surface area contributed by atoms with Crippen LogP contribution in [0.5, 0.6) is 5.75 Å². The molecule has 0 spiro atoms. The van der Waals surface area contributed by atoms with Gasteiger partial charge in [0.15, 0.2) is 0 Å². The number of unbranched alkanes of at least 4 members (excludes halogenated alkanes) is 3. The molecule has 1 N–H and O–H groups in total. The zero-order valence-electron chi connectivity index (χ0n) is 10.5. The molecule has 0 bridgehead atoms. The molecule has 1 fully saturated rings. The Morgan fingerprint density at radius 2 is 1.76 bits per heavy atom. The molecule has 94 valence electrons. The van der Waals surface area contributed by atoms with Gasteiger partial charge in [-0.2, -0.15) is 0 Å². The van der Waals surface area contributed by atoms with Crippen molar-refractivity contribution in [3.05, 3.63) is 30.3 Å². The van der Waals surface area contributed by atoms with E-state index >= 15 is 0 Å². The van der Waals surface area contributed by atoms with Crippen LogP contribution in [0.3, 0.4) is 0 Å². The van der Waals surface area contributed by atoms with E-state index in [1.54, 1.807) is 0 Å². The van der Waals surface area contributed by atoms with E-state index in [1.165, 1.54) is 45.1 Å². The lowest BCUT2D eigenvalue weighted by Gasteiger charge is -2.06. The molecule has 1 saturated carbocycles. The third-order valence-corrected chi connectivity index (χ3v) is 3.09. The van der Waals surface area contributed by atoms with Crippen molar-refractivity contribution >= 4 is 0 Å². The maximum Gasteiger partial charge on any atom is 0.119 e. The summed E-state index contributed by atoms with van der Waals surface area (Å²) < 4.78 is 5.65. The summed E-state index contributed by atoms with van der Waals surface area (Å²) in [6, 6.07) is 10.9. The highest BCUT2D eigenvalue weighted by molar-refractivity contribution is 5.20. The van der Waals surface area contributed by atoms with Gasteiger partial charge in [-0.3, -0.25) is 0 Å². The van der Waals surface area contributed by atoms with Crippen molar-refractivity contribution in [2.75, 3.05) is 13.2 Å². The summed E-state index contributed by atoms with van der Waals surface area (Å²) in [5, 5.41) is 3.54. The van der Waals surface area contributed by atoms with E-state index in [0.717, 1.165) is 18.4 Å². The van der Waals surface area contributed by atoms with Crippen LogP contribution >= 0.6 is 0 Å². The van der Waals surface area contributed by atoms with Crippen molar-refractivity contribution in [3.63, 3.8) is 0 Å². The van der Waals surface area contributed by atoms with Crippen LogP contribution in [0, 0.1) is 0 Å². The van der Waals surface area contributed by atoms with Gasteiger partial charge in [-0.05, 0) is 44.4 Å². The summed E-state index contributed by atoms with van der Waals surface area (Å²) in [7, 11) is 0. The second kappa shape index (κ2) is 7.33. The van der Waals surface area contributed by atoms with Gasteiger partial charge in [0.1, 0.15) is 5.75 Å². The number of hydrogen-bond donors (Lipinski definition) is 1. The second-order valence-electron chi connectivity index (χ2n) is 4.80. The van der Waals surface area contributed by atoms with Crippen LogP contribution in [0.2, 0.25) is 0 Å². The first kappa shape index (κ1) is 12.4. The molecule has 2 nitrogen and oxygen atoms in total. The first-order valence-corrected chi connectivity index (χ1v) is 6.86. The minimum absolute atomic E-state index is 0.847. The molecule has 0 amide bonds. The Bertz CT molecular complexity index is 295. The topological polar surface area (TPSA) is 21.3 Å². The molecule has 1 aromatic rings. The van der Waals surface area contributed by atoms with Crippen molar-refractivity contribution in [2.45, 2.75) is 44.6 Å². The molecule has 0 aliphatic heterocycles. The van der Waals surface area contributed by atoms with Crippen LogP contribution in [-0.4, -0.2) is 19.2 Å². The van der Waals surface area contributed by atoms with Gasteiger partial charge in [-0.15, -0.1) is 0 Å². The highest BCUT2D eigenvalue weighted by atomic mass is 16.5. The summed E-state index contributed by atoms with van der Waals surface area (Å²) in [6.07, 6.45) is 7.85. The lowest BCUT2D eigenvalue weighted by atomic mass is 10.2. The normalized spacial score (nSPS) is 14.8. The first-order chi connectivity index (χ1) is 8.45. The van der Waals surface area contributed by atoms with Gasteiger partial charge in [-0.25, -0.2) is 0 Å². The first-order valence-electron chi connectivity index (χ1n) is 6.86. The van der Waals surface area contributed by atoms with Crippen molar-refractivity contribution in [1.29, 1.82) is 0 Å². The molecule has 1 aliphatic rings. The number of ether oxygens (including phenoxy) is 1. The number of benzene rings is 1. The fraction of sp³-hybridized carbons (Fsp3) is 0.600. The van der Waals surface area contributed by atoms with E-state index < -0.39 is 0 Å². The summed E-state index contributed by atoms with van der Waals surface area (Å²) >= 11 is 0. The molecule has 0 heterocycles. The van der Waals surface area contributed by atoms with E-state index in [2.05, 4.69) is 5.32 Å². The smallest absolute Gasteiger partial charge is 0.119 e. The Morgan fingerprint density at radius 3 is 2.53 bits per heavy atom. The van der Waals surface area contributed by atoms with Gasteiger partial charge in [0.05, 0.1) is 6.61 Å². The monoisotopic (exact) mass is 233 g/mol. The van der Waals surface area contributed by atoms with Gasteiger partial charge < -0.3 is 10.1 Å². The van der Waals surface area contributed by atoms with Gasteiger partial charge in [0.25, 0.3) is 0 Å². The van der Waals surface area contributed by atoms with Crippen LogP contribution < -0.4 is 10.1 Å². The minimum Gasteiger partial charge on any atom is -0.494 e. The molecule has 1 aliphatic carbocycles. The van der Waals surface area contributed by atoms with E-state index in [4.69, 9.17) is 4.74 Å². The van der Waals surface area contributed by atoms with Crippen LogP contribution in [0.1, 0.15) is 38.5 Å². The van der Waals surface area contributed by atoms with Crippen LogP contribution in [0.4, 0.5) is 0 Å². The molecule has 0 aromatic heterocycles.